The zero-order valence-electron chi connectivity index (χ0n) is 17.4. The SMILES string of the molecule is COc1cc(C(=O)OCC(=O)NC(=O)NC2CCCC2)ccc1OCc1ccccc1. The van der Waals surface area contributed by atoms with Crippen molar-refractivity contribution in [3.8, 4) is 11.5 Å². The number of urea groups is 1. The van der Waals surface area contributed by atoms with E-state index in [0.717, 1.165) is 31.2 Å². The summed E-state index contributed by atoms with van der Waals surface area (Å²) in [5.74, 6) is -0.562. The van der Waals surface area contributed by atoms with E-state index in [4.69, 9.17) is 14.2 Å². The molecule has 0 bridgehead atoms. The van der Waals surface area contributed by atoms with E-state index in [1.807, 2.05) is 30.3 Å². The monoisotopic (exact) mass is 426 g/mol. The molecule has 31 heavy (non-hydrogen) atoms. The van der Waals surface area contributed by atoms with Gasteiger partial charge in [-0.15, -0.1) is 0 Å². The summed E-state index contributed by atoms with van der Waals surface area (Å²) < 4.78 is 16.1. The quantitative estimate of drug-likeness (QED) is 0.629. The van der Waals surface area contributed by atoms with Crippen LogP contribution in [0.3, 0.4) is 0 Å². The molecule has 1 aliphatic carbocycles. The van der Waals surface area contributed by atoms with E-state index >= 15 is 0 Å². The molecule has 0 radical (unpaired) electrons. The molecule has 1 fully saturated rings. The Labute approximate surface area is 180 Å². The fourth-order valence-electron chi connectivity index (χ4n) is 3.32. The zero-order valence-corrected chi connectivity index (χ0v) is 17.4. The smallest absolute Gasteiger partial charge is 0.338 e. The van der Waals surface area contributed by atoms with E-state index in [1.165, 1.54) is 19.2 Å². The minimum atomic E-state index is -0.709. The van der Waals surface area contributed by atoms with Crippen LogP contribution in [0.1, 0.15) is 41.6 Å². The maximum atomic E-state index is 12.3. The number of rotatable bonds is 8. The Balaban J connectivity index is 1.48. The van der Waals surface area contributed by atoms with Gasteiger partial charge in [-0.05, 0) is 36.6 Å². The van der Waals surface area contributed by atoms with Gasteiger partial charge in [0.1, 0.15) is 6.61 Å². The topological polar surface area (TPSA) is 103 Å². The maximum absolute atomic E-state index is 12.3. The van der Waals surface area contributed by atoms with Crippen molar-refractivity contribution in [1.82, 2.24) is 10.6 Å². The van der Waals surface area contributed by atoms with Crippen molar-refractivity contribution in [2.75, 3.05) is 13.7 Å². The number of amides is 3. The fourth-order valence-corrected chi connectivity index (χ4v) is 3.32. The van der Waals surface area contributed by atoms with Gasteiger partial charge in [0.25, 0.3) is 5.91 Å². The molecule has 164 valence electrons. The molecule has 0 unspecified atom stereocenters. The highest BCUT2D eigenvalue weighted by molar-refractivity contribution is 5.97. The van der Waals surface area contributed by atoms with Crippen molar-refractivity contribution in [3.05, 3.63) is 59.7 Å². The van der Waals surface area contributed by atoms with Crippen LogP contribution in [-0.2, 0) is 16.1 Å². The Morgan fingerprint density at radius 3 is 2.45 bits per heavy atom. The first-order valence-electron chi connectivity index (χ1n) is 10.2. The largest absolute Gasteiger partial charge is 0.493 e. The van der Waals surface area contributed by atoms with Crippen molar-refractivity contribution in [1.29, 1.82) is 0 Å². The first kappa shape index (κ1) is 22.1. The molecule has 1 aliphatic rings. The first-order valence-corrected chi connectivity index (χ1v) is 10.2. The van der Waals surface area contributed by atoms with Gasteiger partial charge >= 0.3 is 12.0 Å². The summed E-state index contributed by atoms with van der Waals surface area (Å²) in [7, 11) is 1.47. The predicted molar refractivity (Wildman–Crippen MR) is 113 cm³/mol. The standard InChI is InChI=1S/C23H26N2O6/c1-29-20-13-17(11-12-19(20)30-14-16-7-3-2-4-8-16)22(27)31-15-21(26)25-23(28)24-18-9-5-6-10-18/h2-4,7-8,11-13,18H,5-6,9-10,14-15H2,1H3,(H2,24,25,26,28). The molecule has 0 aliphatic heterocycles. The lowest BCUT2D eigenvalue weighted by Crippen LogP contribution is -2.44. The predicted octanol–water partition coefficient (Wildman–Crippen LogP) is 3.20. The third kappa shape index (κ3) is 6.74. The third-order valence-electron chi connectivity index (χ3n) is 4.91. The minimum absolute atomic E-state index is 0.0884. The lowest BCUT2D eigenvalue weighted by atomic mass is 10.2. The van der Waals surface area contributed by atoms with E-state index in [9.17, 15) is 14.4 Å². The summed E-state index contributed by atoms with van der Waals surface area (Å²) in [6.07, 6.45) is 3.94. The van der Waals surface area contributed by atoms with Crippen molar-refractivity contribution >= 4 is 17.9 Å². The second-order valence-corrected chi connectivity index (χ2v) is 7.22. The van der Waals surface area contributed by atoms with Crippen LogP contribution in [0.25, 0.3) is 0 Å². The molecule has 1 saturated carbocycles. The normalized spacial score (nSPS) is 13.3. The van der Waals surface area contributed by atoms with E-state index < -0.39 is 24.5 Å². The van der Waals surface area contributed by atoms with Crippen molar-refractivity contribution < 1.29 is 28.6 Å². The molecular weight excluding hydrogens is 400 g/mol. The number of benzene rings is 2. The van der Waals surface area contributed by atoms with E-state index in [0.29, 0.717) is 18.1 Å². The van der Waals surface area contributed by atoms with Crippen LogP contribution in [0.5, 0.6) is 11.5 Å². The Hall–Kier alpha value is -3.55. The Kier molecular flexibility index (Phi) is 7.86. The molecule has 2 aromatic rings. The molecule has 8 heteroatoms. The highest BCUT2D eigenvalue weighted by atomic mass is 16.5. The van der Waals surface area contributed by atoms with Gasteiger partial charge in [-0.3, -0.25) is 10.1 Å². The Bertz CT molecular complexity index is 910. The van der Waals surface area contributed by atoms with Gasteiger partial charge in [-0.1, -0.05) is 43.2 Å². The number of carbonyl (C=O) groups excluding carboxylic acids is 3. The van der Waals surface area contributed by atoms with E-state index in [1.54, 1.807) is 6.07 Å². The van der Waals surface area contributed by atoms with Gasteiger partial charge in [-0.25, -0.2) is 9.59 Å². The van der Waals surface area contributed by atoms with Crippen LogP contribution in [0.15, 0.2) is 48.5 Å². The fraction of sp³-hybridized carbons (Fsp3) is 0.348. The molecule has 2 N–H and O–H groups in total. The number of esters is 1. The van der Waals surface area contributed by atoms with Crippen LogP contribution >= 0.6 is 0 Å². The molecule has 3 amide bonds. The van der Waals surface area contributed by atoms with Gasteiger partial charge < -0.3 is 19.5 Å². The maximum Gasteiger partial charge on any atom is 0.338 e. The van der Waals surface area contributed by atoms with Gasteiger partial charge in [0.05, 0.1) is 12.7 Å². The number of imide groups is 1. The van der Waals surface area contributed by atoms with Crippen LogP contribution in [-0.4, -0.2) is 37.7 Å². The van der Waals surface area contributed by atoms with Crippen molar-refractivity contribution in [2.45, 2.75) is 38.3 Å². The van der Waals surface area contributed by atoms with Crippen LogP contribution < -0.4 is 20.1 Å². The number of carbonyl (C=O) groups is 3. The lowest BCUT2D eigenvalue weighted by Gasteiger charge is -2.13. The average Bonchev–Trinajstić information content (AvgIpc) is 3.29. The molecule has 0 atom stereocenters. The number of methoxy groups -OCH3 is 1. The summed E-state index contributed by atoms with van der Waals surface area (Å²) >= 11 is 0. The summed E-state index contributed by atoms with van der Waals surface area (Å²) in [6.45, 7) is -0.213. The summed E-state index contributed by atoms with van der Waals surface area (Å²) in [4.78, 5) is 35.9. The van der Waals surface area contributed by atoms with Gasteiger partial charge in [0.15, 0.2) is 18.1 Å². The first-order chi connectivity index (χ1) is 15.0. The zero-order chi connectivity index (χ0) is 22.1. The summed E-state index contributed by atoms with van der Waals surface area (Å²) in [6, 6.07) is 13.8. The Morgan fingerprint density at radius 2 is 1.74 bits per heavy atom. The molecule has 0 spiro atoms. The molecule has 0 heterocycles. The van der Waals surface area contributed by atoms with Gasteiger partial charge in [-0.2, -0.15) is 0 Å². The molecule has 0 saturated heterocycles. The number of hydrogen-bond donors (Lipinski definition) is 2. The third-order valence-corrected chi connectivity index (χ3v) is 4.91. The van der Waals surface area contributed by atoms with E-state index in [-0.39, 0.29) is 11.6 Å². The summed E-state index contributed by atoms with van der Waals surface area (Å²) in [5, 5.41) is 4.90. The molecule has 3 rings (SSSR count). The number of nitrogens with one attached hydrogen (secondary N) is 2. The van der Waals surface area contributed by atoms with Gasteiger partial charge in [0, 0.05) is 6.04 Å². The Morgan fingerprint density at radius 1 is 1.00 bits per heavy atom. The second kappa shape index (κ2) is 11.0. The van der Waals surface area contributed by atoms with E-state index in [2.05, 4.69) is 10.6 Å². The highest BCUT2D eigenvalue weighted by Crippen LogP contribution is 2.29. The summed E-state index contributed by atoms with van der Waals surface area (Å²) in [5.41, 5.74) is 1.20. The number of hydrogen-bond acceptors (Lipinski definition) is 6. The minimum Gasteiger partial charge on any atom is -0.493 e. The lowest BCUT2D eigenvalue weighted by molar-refractivity contribution is -0.123. The molecule has 0 aromatic heterocycles. The van der Waals surface area contributed by atoms with Crippen LogP contribution in [0, 0.1) is 0 Å². The molecule has 8 nitrogen and oxygen atoms in total. The van der Waals surface area contributed by atoms with Crippen molar-refractivity contribution in [3.63, 3.8) is 0 Å². The van der Waals surface area contributed by atoms with Gasteiger partial charge in [0.2, 0.25) is 0 Å². The number of ether oxygens (including phenoxy) is 3. The molecular formula is C23H26N2O6. The van der Waals surface area contributed by atoms with Crippen LogP contribution in [0.2, 0.25) is 0 Å². The molecule has 2 aromatic carbocycles. The highest BCUT2D eigenvalue weighted by Gasteiger charge is 2.19. The van der Waals surface area contributed by atoms with Crippen molar-refractivity contribution in [2.24, 2.45) is 0 Å². The second-order valence-electron chi connectivity index (χ2n) is 7.22. The average molecular weight is 426 g/mol. The van der Waals surface area contributed by atoms with Crippen LogP contribution in [0.4, 0.5) is 4.79 Å².